The summed E-state index contributed by atoms with van der Waals surface area (Å²) < 4.78 is 41.9. The molecule has 0 bridgehead atoms. The van der Waals surface area contributed by atoms with Gasteiger partial charge in [0.1, 0.15) is 5.75 Å². The number of hydrogen-bond acceptors (Lipinski definition) is 3. The molecule has 108 valence electrons. The van der Waals surface area contributed by atoms with Gasteiger partial charge in [0, 0.05) is 6.04 Å². The molecule has 0 aromatic heterocycles. The second kappa shape index (κ2) is 6.25. The van der Waals surface area contributed by atoms with Crippen molar-refractivity contribution in [2.45, 2.75) is 25.2 Å². The molecule has 0 aliphatic carbocycles. The number of aliphatic hydroxyl groups is 1. The highest BCUT2D eigenvalue weighted by atomic mass is 19.4. The van der Waals surface area contributed by atoms with Gasteiger partial charge in [0.15, 0.2) is 0 Å². The van der Waals surface area contributed by atoms with E-state index in [1.165, 1.54) is 14.2 Å². The van der Waals surface area contributed by atoms with Crippen molar-refractivity contribution in [1.82, 2.24) is 4.90 Å². The lowest BCUT2D eigenvalue weighted by Crippen LogP contribution is -2.40. The molecule has 2 atom stereocenters. The molecule has 0 amide bonds. The van der Waals surface area contributed by atoms with Crippen LogP contribution in [-0.4, -0.2) is 42.9 Å². The standard InChI is InChI=1S/C13H18F3NO2/c1-9(17(2)8-13(14,15)16)12(18)10-4-6-11(19-3)7-5-10/h4-7,9,12,18H,8H2,1-3H3. The van der Waals surface area contributed by atoms with E-state index in [2.05, 4.69) is 0 Å². The summed E-state index contributed by atoms with van der Waals surface area (Å²) in [6.07, 6.45) is -5.26. The van der Waals surface area contributed by atoms with Gasteiger partial charge in [0.25, 0.3) is 0 Å². The molecule has 0 heterocycles. The minimum Gasteiger partial charge on any atom is -0.497 e. The molecule has 0 aliphatic rings. The number of rotatable bonds is 5. The normalized spacial score (nSPS) is 15.4. The number of hydrogen-bond donors (Lipinski definition) is 1. The lowest BCUT2D eigenvalue weighted by molar-refractivity contribution is -0.151. The minimum absolute atomic E-state index is 0.558. The first-order chi connectivity index (χ1) is 8.74. The summed E-state index contributed by atoms with van der Waals surface area (Å²) in [5.74, 6) is 0.632. The molecule has 0 radical (unpaired) electrons. The van der Waals surface area contributed by atoms with Crippen molar-refractivity contribution in [3.8, 4) is 5.75 Å². The molecule has 3 nitrogen and oxygen atoms in total. The number of benzene rings is 1. The summed E-state index contributed by atoms with van der Waals surface area (Å²) in [6.45, 7) is 0.502. The van der Waals surface area contributed by atoms with E-state index < -0.39 is 24.9 Å². The number of ether oxygens (including phenoxy) is 1. The van der Waals surface area contributed by atoms with Crippen LogP contribution in [0.15, 0.2) is 24.3 Å². The molecule has 0 saturated heterocycles. The van der Waals surface area contributed by atoms with E-state index in [1.54, 1.807) is 31.2 Å². The third-order valence-electron chi connectivity index (χ3n) is 3.04. The Morgan fingerprint density at radius 1 is 1.26 bits per heavy atom. The van der Waals surface area contributed by atoms with Crippen molar-refractivity contribution >= 4 is 0 Å². The zero-order valence-electron chi connectivity index (χ0n) is 11.1. The van der Waals surface area contributed by atoms with E-state index >= 15 is 0 Å². The zero-order valence-corrected chi connectivity index (χ0v) is 11.1. The number of likely N-dealkylation sites (N-methyl/N-ethyl adjacent to an activating group) is 1. The van der Waals surface area contributed by atoms with Crippen molar-refractivity contribution < 1.29 is 23.0 Å². The molecule has 0 fully saturated rings. The van der Waals surface area contributed by atoms with E-state index in [0.29, 0.717) is 11.3 Å². The third-order valence-corrected chi connectivity index (χ3v) is 3.04. The van der Waals surface area contributed by atoms with Gasteiger partial charge in [0.2, 0.25) is 0 Å². The first-order valence-corrected chi connectivity index (χ1v) is 5.83. The van der Waals surface area contributed by atoms with E-state index in [4.69, 9.17) is 4.74 Å². The number of halogens is 3. The van der Waals surface area contributed by atoms with Crippen LogP contribution in [0, 0.1) is 0 Å². The predicted molar refractivity (Wildman–Crippen MR) is 66.1 cm³/mol. The topological polar surface area (TPSA) is 32.7 Å². The van der Waals surface area contributed by atoms with Gasteiger partial charge in [-0.1, -0.05) is 12.1 Å². The molecule has 1 aromatic carbocycles. The highest BCUT2D eigenvalue weighted by molar-refractivity contribution is 5.29. The summed E-state index contributed by atoms with van der Waals surface area (Å²) in [6, 6.07) is 5.96. The van der Waals surface area contributed by atoms with Crippen LogP contribution in [0.4, 0.5) is 13.2 Å². The maximum absolute atomic E-state index is 12.3. The first kappa shape index (κ1) is 15.8. The smallest absolute Gasteiger partial charge is 0.401 e. The summed E-state index contributed by atoms with van der Waals surface area (Å²) in [4.78, 5) is 1.08. The molecular weight excluding hydrogens is 259 g/mol. The summed E-state index contributed by atoms with van der Waals surface area (Å²) in [5, 5.41) is 10.1. The number of aliphatic hydroxyl groups excluding tert-OH is 1. The molecule has 19 heavy (non-hydrogen) atoms. The highest BCUT2D eigenvalue weighted by Gasteiger charge is 2.32. The maximum atomic E-state index is 12.3. The van der Waals surface area contributed by atoms with E-state index in [9.17, 15) is 18.3 Å². The Labute approximate surface area is 110 Å². The Bertz CT molecular complexity index is 392. The molecule has 0 spiro atoms. The molecule has 1 rings (SSSR count). The Kier molecular flexibility index (Phi) is 5.20. The highest BCUT2D eigenvalue weighted by Crippen LogP contribution is 2.25. The molecule has 6 heteroatoms. The van der Waals surface area contributed by atoms with Gasteiger partial charge in [-0.3, -0.25) is 4.90 Å². The summed E-state index contributed by atoms with van der Waals surface area (Å²) >= 11 is 0. The molecule has 2 unspecified atom stereocenters. The average Bonchev–Trinajstić information content (AvgIpc) is 2.35. The Morgan fingerprint density at radius 3 is 2.21 bits per heavy atom. The van der Waals surface area contributed by atoms with Crippen LogP contribution in [0.3, 0.4) is 0 Å². The first-order valence-electron chi connectivity index (χ1n) is 5.83. The monoisotopic (exact) mass is 277 g/mol. The van der Waals surface area contributed by atoms with Gasteiger partial charge in [-0.05, 0) is 31.7 Å². The largest absolute Gasteiger partial charge is 0.497 e. The maximum Gasteiger partial charge on any atom is 0.401 e. The van der Waals surface area contributed by atoms with Gasteiger partial charge < -0.3 is 9.84 Å². The molecule has 1 aromatic rings. The molecule has 0 aliphatic heterocycles. The van der Waals surface area contributed by atoms with Crippen LogP contribution in [0.25, 0.3) is 0 Å². The molecule has 1 N–H and O–H groups in total. The average molecular weight is 277 g/mol. The molecule has 0 saturated carbocycles. The fourth-order valence-electron chi connectivity index (χ4n) is 1.75. The van der Waals surface area contributed by atoms with E-state index in [0.717, 1.165) is 4.90 Å². The van der Waals surface area contributed by atoms with Crippen LogP contribution >= 0.6 is 0 Å². The van der Waals surface area contributed by atoms with Crippen molar-refractivity contribution in [3.63, 3.8) is 0 Å². The van der Waals surface area contributed by atoms with Crippen LogP contribution < -0.4 is 4.74 Å². The third kappa shape index (κ3) is 4.72. The summed E-state index contributed by atoms with van der Waals surface area (Å²) in [7, 11) is 2.86. The van der Waals surface area contributed by atoms with Crippen molar-refractivity contribution in [3.05, 3.63) is 29.8 Å². The Hall–Kier alpha value is -1.27. The number of alkyl halides is 3. The minimum atomic E-state index is -4.28. The van der Waals surface area contributed by atoms with Crippen molar-refractivity contribution in [1.29, 1.82) is 0 Å². The summed E-state index contributed by atoms with van der Waals surface area (Å²) in [5.41, 5.74) is 0.558. The van der Waals surface area contributed by atoms with Gasteiger partial charge in [0.05, 0.1) is 19.8 Å². The van der Waals surface area contributed by atoms with Crippen molar-refractivity contribution in [2.24, 2.45) is 0 Å². The quantitative estimate of drug-likeness (QED) is 0.898. The number of nitrogens with zero attached hydrogens (tertiary/aromatic N) is 1. The van der Waals surface area contributed by atoms with E-state index in [-0.39, 0.29) is 0 Å². The molecular formula is C13H18F3NO2. The lowest BCUT2D eigenvalue weighted by Gasteiger charge is -2.29. The van der Waals surface area contributed by atoms with Crippen molar-refractivity contribution in [2.75, 3.05) is 20.7 Å². The predicted octanol–water partition coefficient (Wildman–Crippen LogP) is 2.61. The van der Waals surface area contributed by atoms with Gasteiger partial charge in [-0.25, -0.2) is 0 Å². The number of methoxy groups -OCH3 is 1. The Balaban J connectivity index is 2.72. The van der Waals surface area contributed by atoms with Gasteiger partial charge >= 0.3 is 6.18 Å². The second-order valence-electron chi connectivity index (χ2n) is 4.49. The second-order valence-corrected chi connectivity index (χ2v) is 4.49. The van der Waals surface area contributed by atoms with Crippen LogP contribution in [0.2, 0.25) is 0 Å². The van der Waals surface area contributed by atoms with E-state index in [1.807, 2.05) is 0 Å². The fourth-order valence-corrected chi connectivity index (χ4v) is 1.75. The lowest BCUT2D eigenvalue weighted by atomic mass is 10.0. The fraction of sp³-hybridized carbons (Fsp3) is 0.538. The zero-order chi connectivity index (χ0) is 14.6. The Morgan fingerprint density at radius 2 is 1.79 bits per heavy atom. The van der Waals surface area contributed by atoms with Gasteiger partial charge in [-0.15, -0.1) is 0 Å². The van der Waals surface area contributed by atoms with Gasteiger partial charge in [-0.2, -0.15) is 13.2 Å². The van der Waals surface area contributed by atoms with Crippen LogP contribution in [0.1, 0.15) is 18.6 Å². The van der Waals surface area contributed by atoms with Crippen LogP contribution in [0.5, 0.6) is 5.75 Å². The SMILES string of the molecule is COc1ccc(C(O)C(C)N(C)CC(F)(F)F)cc1. The van der Waals surface area contributed by atoms with Crippen LogP contribution in [-0.2, 0) is 0 Å².